The second kappa shape index (κ2) is 6.32. The van der Waals surface area contributed by atoms with Crippen LogP contribution in [0.15, 0.2) is 18.5 Å². The topological polar surface area (TPSA) is 47.0 Å². The maximum absolute atomic E-state index is 5.11. The second-order valence-corrected chi connectivity index (χ2v) is 3.16. The average Bonchev–Trinajstić information content (AvgIpc) is 2.20. The Hall–Kier alpha value is -1.16. The van der Waals surface area contributed by atoms with Gasteiger partial charge in [-0.1, -0.05) is 13.3 Å². The third kappa shape index (κ3) is 3.70. The lowest BCUT2D eigenvalue weighted by molar-refractivity contribution is 0.182. The zero-order valence-electron chi connectivity index (χ0n) is 8.73. The number of hydrogen-bond donors (Lipinski definition) is 1. The van der Waals surface area contributed by atoms with Gasteiger partial charge in [-0.05, 0) is 12.5 Å². The fourth-order valence-electron chi connectivity index (χ4n) is 1.30. The van der Waals surface area contributed by atoms with E-state index in [9.17, 15) is 0 Å². The number of nitrogens with zero attached hydrogens (tertiary/aromatic N) is 2. The summed E-state index contributed by atoms with van der Waals surface area (Å²) in [6.07, 6.45) is 5.64. The molecule has 0 spiro atoms. The number of ether oxygens (including phenoxy) is 1. The van der Waals surface area contributed by atoms with E-state index in [-0.39, 0.29) is 0 Å². The fraction of sp³-hybridized carbons (Fsp3) is 0.600. The molecule has 1 rings (SSSR count). The Morgan fingerprint density at radius 2 is 2.14 bits per heavy atom. The largest absolute Gasteiger partial charge is 0.383 e. The van der Waals surface area contributed by atoms with E-state index < -0.39 is 0 Å². The Morgan fingerprint density at radius 3 is 2.71 bits per heavy atom. The lowest BCUT2D eigenvalue weighted by Gasteiger charge is -2.16. The van der Waals surface area contributed by atoms with E-state index in [2.05, 4.69) is 22.2 Å². The van der Waals surface area contributed by atoms with E-state index in [1.165, 1.54) is 0 Å². The van der Waals surface area contributed by atoms with Gasteiger partial charge in [0.2, 0.25) is 5.95 Å². The van der Waals surface area contributed by atoms with Gasteiger partial charge in [0, 0.05) is 19.5 Å². The first-order valence-electron chi connectivity index (χ1n) is 4.89. The van der Waals surface area contributed by atoms with Crippen LogP contribution in [0.1, 0.15) is 19.8 Å². The van der Waals surface area contributed by atoms with Crippen LogP contribution >= 0.6 is 0 Å². The summed E-state index contributed by atoms with van der Waals surface area (Å²) in [6.45, 7) is 2.84. The summed E-state index contributed by atoms with van der Waals surface area (Å²) in [6, 6.07) is 2.10. The van der Waals surface area contributed by atoms with Crippen LogP contribution in [-0.4, -0.2) is 29.7 Å². The zero-order valence-corrected chi connectivity index (χ0v) is 8.73. The summed E-state index contributed by atoms with van der Waals surface area (Å²) in [4.78, 5) is 8.21. The van der Waals surface area contributed by atoms with Crippen LogP contribution < -0.4 is 5.32 Å². The van der Waals surface area contributed by atoms with Crippen LogP contribution in [0.4, 0.5) is 5.95 Å². The molecule has 0 aromatic carbocycles. The Labute approximate surface area is 84.7 Å². The molecule has 1 atom stereocenters. The Bertz CT molecular complexity index is 234. The minimum atomic E-state index is 0.299. The van der Waals surface area contributed by atoms with Crippen molar-refractivity contribution in [2.45, 2.75) is 25.8 Å². The summed E-state index contributed by atoms with van der Waals surface area (Å²) >= 11 is 0. The number of hydrogen-bond acceptors (Lipinski definition) is 4. The molecule has 0 aliphatic rings. The zero-order chi connectivity index (χ0) is 10.2. The minimum absolute atomic E-state index is 0.299. The number of aromatic nitrogens is 2. The summed E-state index contributed by atoms with van der Waals surface area (Å²) in [5, 5.41) is 3.23. The van der Waals surface area contributed by atoms with Gasteiger partial charge in [-0.25, -0.2) is 9.97 Å². The monoisotopic (exact) mass is 195 g/mol. The van der Waals surface area contributed by atoms with Gasteiger partial charge in [-0.3, -0.25) is 0 Å². The van der Waals surface area contributed by atoms with E-state index in [1.807, 2.05) is 0 Å². The molecule has 4 nitrogen and oxygen atoms in total. The summed E-state index contributed by atoms with van der Waals surface area (Å²) in [5.74, 6) is 0.669. The number of rotatable bonds is 6. The van der Waals surface area contributed by atoms with Crippen molar-refractivity contribution in [2.75, 3.05) is 19.0 Å². The maximum Gasteiger partial charge on any atom is 0.222 e. The van der Waals surface area contributed by atoms with Crippen molar-refractivity contribution in [3.63, 3.8) is 0 Å². The van der Waals surface area contributed by atoms with Crippen LogP contribution in [0.2, 0.25) is 0 Å². The predicted octanol–water partition coefficient (Wildman–Crippen LogP) is 1.70. The molecule has 4 heteroatoms. The first-order chi connectivity index (χ1) is 6.86. The average molecular weight is 195 g/mol. The Balaban J connectivity index is 2.46. The van der Waals surface area contributed by atoms with E-state index in [4.69, 9.17) is 4.74 Å². The van der Waals surface area contributed by atoms with Crippen molar-refractivity contribution in [2.24, 2.45) is 0 Å². The standard InChI is InChI=1S/C10H17N3O/c1-3-5-9(8-14-2)13-10-11-6-4-7-12-10/h4,6-7,9H,3,5,8H2,1-2H3,(H,11,12,13). The molecule has 78 valence electrons. The van der Waals surface area contributed by atoms with Crippen LogP contribution in [0.3, 0.4) is 0 Å². The lowest BCUT2D eigenvalue weighted by Crippen LogP contribution is -2.25. The summed E-state index contributed by atoms with van der Waals surface area (Å²) in [7, 11) is 1.70. The van der Waals surface area contributed by atoms with Gasteiger partial charge >= 0.3 is 0 Å². The SMILES string of the molecule is CCCC(COC)Nc1ncccn1. The van der Waals surface area contributed by atoms with Gasteiger partial charge in [0.05, 0.1) is 12.6 Å². The van der Waals surface area contributed by atoms with Gasteiger partial charge in [-0.15, -0.1) is 0 Å². The second-order valence-electron chi connectivity index (χ2n) is 3.16. The lowest BCUT2D eigenvalue weighted by atomic mass is 10.2. The molecule has 1 unspecified atom stereocenters. The van der Waals surface area contributed by atoms with E-state index in [0.717, 1.165) is 12.8 Å². The van der Waals surface area contributed by atoms with Crippen molar-refractivity contribution >= 4 is 5.95 Å². The van der Waals surface area contributed by atoms with Crippen LogP contribution in [0.25, 0.3) is 0 Å². The molecule has 0 radical (unpaired) electrons. The maximum atomic E-state index is 5.11. The minimum Gasteiger partial charge on any atom is -0.383 e. The van der Waals surface area contributed by atoms with Crippen LogP contribution in [-0.2, 0) is 4.74 Å². The normalized spacial score (nSPS) is 12.4. The quantitative estimate of drug-likeness (QED) is 0.750. The van der Waals surface area contributed by atoms with Crippen LogP contribution in [0.5, 0.6) is 0 Å². The highest BCUT2D eigenvalue weighted by atomic mass is 16.5. The van der Waals surface area contributed by atoms with Gasteiger partial charge in [0.25, 0.3) is 0 Å². The number of anilines is 1. The molecule has 0 bridgehead atoms. The predicted molar refractivity (Wildman–Crippen MR) is 56.2 cm³/mol. The van der Waals surface area contributed by atoms with Crippen molar-refractivity contribution in [1.82, 2.24) is 9.97 Å². The molecule has 0 amide bonds. The molecule has 0 saturated carbocycles. The van der Waals surface area contributed by atoms with Crippen molar-refractivity contribution < 1.29 is 4.74 Å². The molecule has 0 aliphatic heterocycles. The number of nitrogens with one attached hydrogen (secondary N) is 1. The van der Waals surface area contributed by atoms with Gasteiger partial charge in [0.15, 0.2) is 0 Å². The molecule has 14 heavy (non-hydrogen) atoms. The van der Waals surface area contributed by atoms with Gasteiger partial charge < -0.3 is 10.1 Å². The summed E-state index contributed by atoms with van der Waals surface area (Å²) in [5.41, 5.74) is 0. The van der Waals surface area contributed by atoms with Crippen LogP contribution in [0, 0.1) is 0 Å². The van der Waals surface area contributed by atoms with E-state index in [0.29, 0.717) is 18.6 Å². The first-order valence-corrected chi connectivity index (χ1v) is 4.89. The molecule has 0 fully saturated rings. The molecule has 1 aromatic heterocycles. The number of methoxy groups -OCH3 is 1. The molecule has 0 aliphatic carbocycles. The molecule has 1 aromatic rings. The van der Waals surface area contributed by atoms with Gasteiger partial charge in [-0.2, -0.15) is 0 Å². The highest BCUT2D eigenvalue weighted by Gasteiger charge is 2.07. The van der Waals surface area contributed by atoms with E-state index >= 15 is 0 Å². The summed E-state index contributed by atoms with van der Waals surface area (Å²) < 4.78 is 5.11. The highest BCUT2D eigenvalue weighted by Crippen LogP contribution is 2.04. The Morgan fingerprint density at radius 1 is 1.43 bits per heavy atom. The highest BCUT2D eigenvalue weighted by molar-refractivity contribution is 5.23. The fourth-order valence-corrected chi connectivity index (χ4v) is 1.30. The molecule has 1 N–H and O–H groups in total. The van der Waals surface area contributed by atoms with Crippen molar-refractivity contribution in [3.8, 4) is 0 Å². The molecule has 1 heterocycles. The third-order valence-electron chi connectivity index (χ3n) is 1.90. The molecular weight excluding hydrogens is 178 g/mol. The Kier molecular flexibility index (Phi) is 4.93. The van der Waals surface area contributed by atoms with E-state index in [1.54, 1.807) is 25.6 Å². The molecular formula is C10H17N3O. The first kappa shape index (κ1) is 10.9. The smallest absolute Gasteiger partial charge is 0.222 e. The van der Waals surface area contributed by atoms with Gasteiger partial charge in [0.1, 0.15) is 0 Å². The third-order valence-corrected chi connectivity index (χ3v) is 1.90. The van der Waals surface area contributed by atoms with Crippen molar-refractivity contribution in [1.29, 1.82) is 0 Å². The van der Waals surface area contributed by atoms with Crippen molar-refractivity contribution in [3.05, 3.63) is 18.5 Å². The molecule has 0 saturated heterocycles.